The van der Waals surface area contributed by atoms with Crippen LogP contribution in [0.3, 0.4) is 0 Å². The Morgan fingerprint density at radius 3 is 2.44 bits per heavy atom. The highest BCUT2D eigenvalue weighted by Gasteiger charge is 2.18. The monoisotopic (exact) mass is 250 g/mol. The average molecular weight is 250 g/mol. The van der Waals surface area contributed by atoms with Gasteiger partial charge in [-0.2, -0.15) is 10.1 Å². The van der Waals surface area contributed by atoms with Gasteiger partial charge in [-0.25, -0.2) is 0 Å². The first kappa shape index (κ1) is 13.0. The van der Waals surface area contributed by atoms with Gasteiger partial charge in [0.25, 0.3) is 0 Å². The molecule has 0 spiro atoms. The maximum atomic E-state index is 4.53. The van der Waals surface area contributed by atoms with Gasteiger partial charge in [0, 0.05) is 31.7 Å². The molecule has 0 bridgehead atoms. The first-order valence-corrected chi connectivity index (χ1v) is 6.35. The number of likely N-dealkylation sites (N-methyl/N-ethyl adjacent to an activating group) is 1. The van der Waals surface area contributed by atoms with Crippen molar-refractivity contribution in [1.82, 2.24) is 20.1 Å². The lowest BCUT2D eigenvalue weighted by atomic mass is 10.1. The van der Waals surface area contributed by atoms with Crippen LogP contribution in [0.1, 0.15) is 20.8 Å². The van der Waals surface area contributed by atoms with E-state index in [0.717, 1.165) is 37.9 Å². The second kappa shape index (κ2) is 5.06. The topological polar surface area (TPSA) is 57.2 Å². The first-order chi connectivity index (χ1) is 8.44. The largest absolute Gasteiger partial charge is 0.364 e. The van der Waals surface area contributed by atoms with E-state index in [1.54, 1.807) is 6.20 Å². The molecule has 0 saturated carbocycles. The minimum Gasteiger partial charge on any atom is -0.364 e. The minimum atomic E-state index is -0.0184. The quantitative estimate of drug-likeness (QED) is 0.839. The van der Waals surface area contributed by atoms with Crippen molar-refractivity contribution in [1.29, 1.82) is 0 Å². The van der Waals surface area contributed by atoms with Crippen LogP contribution in [-0.4, -0.2) is 58.8 Å². The zero-order valence-corrected chi connectivity index (χ0v) is 11.6. The molecule has 0 aromatic carbocycles. The standard InChI is InChI=1S/C12H22N6/c1-12(2,3)15-10-9-13-16-11(14-10)18-7-5-17(4)6-8-18/h9H,5-8H2,1-4H3,(H,14,15,16). The molecule has 2 heterocycles. The molecule has 1 aromatic rings. The molecule has 18 heavy (non-hydrogen) atoms. The van der Waals surface area contributed by atoms with Crippen LogP contribution >= 0.6 is 0 Å². The van der Waals surface area contributed by atoms with E-state index in [1.165, 1.54) is 0 Å². The first-order valence-electron chi connectivity index (χ1n) is 6.35. The Kier molecular flexibility index (Phi) is 3.65. The summed E-state index contributed by atoms with van der Waals surface area (Å²) in [5, 5.41) is 11.5. The third kappa shape index (κ3) is 3.53. The fourth-order valence-corrected chi connectivity index (χ4v) is 1.88. The summed E-state index contributed by atoms with van der Waals surface area (Å²) >= 11 is 0. The number of anilines is 2. The Morgan fingerprint density at radius 1 is 1.17 bits per heavy atom. The van der Waals surface area contributed by atoms with Crippen LogP contribution in [0.5, 0.6) is 0 Å². The molecule has 0 aliphatic carbocycles. The van der Waals surface area contributed by atoms with E-state index in [2.05, 4.69) is 58.1 Å². The van der Waals surface area contributed by atoms with Gasteiger partial charge < -0.3 is 15.1 Å². The lowest BCUT2D eigenvalue weighted by molar-refractivity contribution is 0.311. The summed E-state index contributed by atoms with van der Waals surface area (Å²) in [4.78, 5) is 9.02. The third-order valence-electron chi connectivity index (χ3n) is 2.84. The predicted molar refractivity (Wildman–Crippen MR) is 72.9 cm³/mol. The van der Waals surface area contributed by atoms with Crippen LogP contribution in [0.4, 0.5) is 11.8 Å². The van der Waals surface area contributed by atoms with E-state index in [4.69, 9.17) is 0 Å². The van der Waals surface area contributed by atoms with E-state index >= 15 is 0 Å². The van der Waals surface area contributed by atoms with Gasteiger partial charge in [-0.3, -0.25) is 0 Å². The van der Waals surface area contributed by atoms with E-state index in [1.807, 2.05) is 0 Å². The van der Waals surface area contributed by atoms with Crippen LogP contribution < -0.4 is 10.2 Å². The summed E-state index contributed by atoms with van der Waals surface area (Å²) in [6.07, 6.45) is 1.67. The zero-order valence-electron chi connectivity index (χ0n) is 11.6. The van der Waals surface area contributed by atoms with Gasteiger partial charge in [-0.1, -0.05) is 0 Å². The molecule has 1 aliphatic rings. The van der Waals surface area contributed by atoms with Crippen molar-refractivity contribution in [2.24, 2.45) is 0 Å². The second-order valence-corrected chi connectivity index (χ2v) is 5.81. The SMILES string of the molecule is CN1CCN(c2nncc(NC(C)(C)C)n2)CC1. The molecule has 0 radical (unpaired) electrons. The molecule has 1 N–H and O–H groups in total. The highest BCUT2D eigenvalue weighted by molar-refractivity contribution is 5.40. The fraction of sp³-hybridized carbons (Fsp3) is 0.750. The summed E-state index contributed by atoms with van der Waals surface area (Å²) in [5.74, 6) is 1.50. The van der Waals surface area contributed by atoms with Crippen molar-refractivity contribution in [2.75, 3.05) is 43.4 Å². The van der Waals surface area contributed by atoms with E-state index in [-0.39, 0.29) is 5.54 Å². The van der Waals surface area contributed by atoms with E-state index < -0.39 is 0 Å². The number of nitrogens with one attached hydrogen (secondary N) is 1. The summed E-state index contributed by atoms with van der Waals surface area (Å²) in [6, 6.07) is 0. The van der Waals surface area contributed by atoms with Gasteiger partial charge in [0.1, 0.15) is 0 Å². The Morgan fingerprint density at radius 2 is 1.83 bits per heavy atom. The number of aromatic nitrogens is 3. The van der Waals surface area contributed by atoms with Crippen molar-refractivity contribution in [3.8, 4) is 0 Å². The lowest BCUT2D eigenvalue weighted by Gasteiger charge is -2.32. The van der Waals surface area contributed by atoms with Crippen LogP contribution in [0.25, 0.3) is 0 Å². The Bertz CT molecular complexity index is 392. The number of piperazine rings is 1. The molecule has 0 amide bonds. The Labute approximate surface area is 108 Å². The predicted octanol–water partition coefficient (Wildman–Crippen LogP) is 0.834. The van der Waals surface area contributed by atoms with E-state index in [0.29, 0.717) is 0 Å². The zero-order chi connectivity index (χ0) is 13.2. The van der Waals surface area contributed by atoms with Crippen molar-refractivity contribution in [3.63, 3.8) is 0 Å². The highest BCUT2D eigenvalue weighted by Crippen LogP contribution is 2.14. The molecule has 1 aliphatic heterocycles. The molecule has 1 saturated heterocycles. The van der Waals surface area contributed by atoms with Gasteiger partial charge in [0.15, 0.2) is 5.82 Å². The molecule has 1 fully saturated rings. The molecular formula is C12H22N6. The smallest absolute Gasteiger partial charge is 0.247 e. The molecule has 2 rings (SSSR count). The van der Waals surface area contributed by atoms with Crippen LogP contribution in [0, 0.1) is 0 Å². The third-order valence-corrected chi connectivity index (χ3v) is 2.84. The summed E-state index contributed by atoms with van der Waals surface area (Å²) in [7, 11) is 2.13. The van der Waals surface area contributed by atoms with Gasteiger partial charge in [-0.05, 0) is 27.8 Å². The van der Waals surface area contributed by atoms with Crippen molar-refractivity contribution >= 4 is 11.8 Å². The fourth-order valence-electron chi connectivity index (χ4n) is 1.88. The van der Waals surface area contributed by atoms with Crippen LogP contribution in [-0.2, 0) is 0 Å². The Balaban J connectivity index is 2.07. The number of nitrogens with zero attached hydrogens (tertiary/aromatic N) is 5. The second-order valence-electron chi connectivity index (χ2n) is 5.81. The normalized spacial score (nSPS) is 17.9. The number of hydrogen-bond acceptors (Lipinski definition) is 6. The molecule has 6 nitrogen and oxygen atoms in total. The van der Waals surface area contributed by atoms with Crippen molar-refractivity contribution in [2.45, 2.75) is 26.3 Å². The van der Waals surface area contributed by atoms with Gasteiger partial charge >= 0.3 is 0 Å². The molecule has 6 heteroatoms. The van der Waals surface area contributed by atoms with Crippen molar-refractivity contribution in [3.05, 3.63) is 6.20 Å². The lowest BCUT2D eigenvalue weighted by Crippen LogP contribution is -2.45. The van der Waals surface area contributed by atoms with Gasteiger partial charge in [-0.15, -0.1) is 5.10 Å². The number of rotatable bonds is 2. The molecule has 100 valence electrons. The molecular weight excluding hydrogens is 228 g/mol. The van der Waals surface area contributed by atoms with Crippen molar-refractivity contribution < 1.29 is 0 Å². The molecule has 0 atom stereocenters. The Hall–Kier alpha value is -1.43. The number of hydrogen-bond donors (Lipinski definition) is 1. The van der Waals surface area contributed by atoms with Gasteiger partial charge in [0.05, 0.1) is 6.20 Å². The van der Waals surface area contributed by atoms with Crippen LogP contribution in [0.15, 0.2) is 6.20 Å². The highest BCUT2D eigenvalue weighted by atomic mass is 15.4. The maximum Gasteiger partial charge on any atom is 0.247 e. The molecule has 0 unspecified atom stereocenters. The average Bonchev–Trinajstić information content (AvgIpc) is 2.28. The van der Waals surface area contributed by atoms with Gasteiger partial charge in [0.2, 0.25) is 5.95 Å². The summed E-state index contributed by atoms with van der Waals surface area (Å²) in [6.45, 7) is 10.3. The summed E-state index contributed by atoms with van der Waals surface area (Å²) < 4.78 is 0. The van der Waals surface area contributed by atoms with E-state index in [9.17, 15) is 0 Å². The minimum absolute atomic E-state index is 0.0184. The molecule has 1 aromatic heterocycles. The maximum absolute atomic E-state index is 4.53. The van der Waals surface area contributed by atoms with Crippen LogP contribution in [0.2, 0.25) is 0 Å². The summed E-state index contributed by atoms with van der Waals surface area (Å²) in [5.41, 5.74) is -0.0184.